The third-order valence-corrected chi connectivity index (χ3v) is 6.42. The van der Waals surface area contributed by atoms with E-state index in [2.05, 4.69) is 15.4 Å². The van der Waals surface area contributed by atoms with E-state index in [4.69, 9.17) is 0 Å². The molecule has 0 atom stereocenters. The zero-order valence-corrected chi connectivity index (χ0v) is 16.9. The molecule has 2 aromatic carbocycles. The van der Waals surface area contributed by atoms with E-state index in [9.17, 15) is 17.6 Å². The molecule has 0 unspecified atom stereocenters. The number of sulfonamides is 1. The number of likely N-dealkylation sites (tertiary alicyclic amines) is 1. The maximum absolute atomic E-state index is 14.4. The fourth-order valence-electron chi connectivity index (χ4n) is 2.97. The summed E-state index contributed by atoms with van der Waals surface area (Å²) in [5, 5.41) is 4.12. The molecule has 1 N–H and O–H groups in total. The minimum Gasteiger partial charge on any atom is -0.306 e. The Balaban J connectivity index is 1.84. The van der Waals surface area contributed by atoms with Crippen molar-refractivity contribution >= 4 is 27.3 Å². The summed E-state index contributed by atoms with van der Waals surface area (Å²) in [6.45, 7) is 1.10. The van der Waals surface area contributed by atoms with E-state index < -0.39 is 28.3 Å². The molecule has 0 radical (unpaired) electrons. The highest BCUT2D eigenvalue weighted by molar-refractivity contribution is 7.92. The molecular formula is C20H23FN4O3S. The second-order valence-electron chi connectivity index (χ2n) is 6.79. The third-order valence-electron chi connectivity index (χ3n) is 4.64. The van der Waals surface area contributed by atoms with E-state index >= 15 is 0 Å². The summed E-state index contributed by atoms with van der Waals surface area (Å²) in [5.41, 5.74) is 3.06. The number of benzene rings is 2. The van der Waals surface area contributed by atoms with Crippen molar-refractivity contribution in [3.63, 3.8) is 0 Å². The molecule has 1 aliphatic rings. The van der Waals surface area contributed by atoms with E-state index in [1.54, 1.807) is 18.2 Å². The fourth-order valence-corrected chi connectivity index (χ4v) is 4.42. The number of anilines is 1. The van der Waals surface area contributed by atoms with Crippen LogP contribution >= 0.6 is 0 Å². The highest BCUT2D eigenvalue weighted by Gasteiger charge is 2.29. The first kappa shape index (κ1) is 20.9. The van der Waals surface area contributed by atoms with Crippen molar-refractivity contribution < 1.29 is 17.6 Å². The van der Waals surface area contributed by atoms with Gasteiger partial charge in [0.25, 0.3) is 15.9 Å². The Morgan fingerprint density at radius 1 is 1.10 bits per heavy atom. The number of nitrogens with zero attached hydrogens (tertiary/aromatic N) is 3. The second kappa shape index (κ2) is 9.15. The zero-order valence-electron chi connectivity index (χ0n) is 16.1. The largest absolute Gasteiger partial charge is 0.306 e. The maximum Gasteiger partial charge on any atom is 0.264 e. The lowest BCUT2D eigenvalue weighted by Crippen LogP contribution is -2.40. The molecule has 1 amide bonds. The number of nitrogens with one attached hydrogen (secondary N) is 1. The molecule has 2 aromatic rings. The Bertz CT molecular complexity index is 986. The Labute approximate surface area is 169 Å². The van der Waals surface area contributed by atoms with E-state index in [0.717, 1.165) is 42.0 Å². The van der Waals surface area contributed by atoms with Gasteiger partial charge >= 0.3 is 0 Å². The van der Waals surface area contributed by atoms with Crippen LogP contribution in [0.2, 0.25) is 0 Å². The van der Waals surface area contributed by atoms with Crippen molar-refractivity contribution in [1.82, 2.24) is 10.3 Å². The van der Waals surface area contributed by atoms with Gasteiger partial charge in [0.2, 0.25) is 0 Å². The number of hydrogen-bond acceptors (Lipinski definition) is 5. The molecule has 0 aliphatic carbocycles. The molecule has 3 rings (SSSR count). The summed E-state index contributed by atoms with van der Waals surface area (Å²) in [6.07, 6.45) is 1.46. The summed E-state index contributed by atoms with van der Waals surface area (Å²) in [7, 11) is -2.13. The molecule has 0 aromatic heterocycles. The number of carbonyl (C=O) groups is 1. The summed E-state index contributed by atoms with van der Waals surface area (Å²) >= 11 is 0. The van der Waals surface area contributed by atoms with Crippen molar-refractivity contribution in [3.05, 3.63) is 60.4 Å². The normalized spacial score (nSPS) is 15.0. The lowest BCUT2D eigenvalue weighted by molar-refractivity contribution is -0.119. The molecule has 0 spiro atoms. The second-order valence-corrected chi connectivity index (χ2v) is 8.65. The number of hydrogen-bond donors (Lipinski definition) is 1. The van der Waals surface area contributed by atoms with Gasteiger partial charge < -0.3 is 4.90 Å². The number of rotatable bonds is 6. The molecule has 29 heavy (non-hydrogen) atoms. The number of piperidine rings is 1. The number of halogens is 1. The van der Waals surface area contributed by atoms with Gasteiger partial charge in [-0.1, -0.05) is 30.3 Å². The van der Waals surface area contributed by atoms with Crippen molar-refractivity contribution in [2.45, 2.75) is 17.7 Å². The highest BCUT2D eigenvalue weighted by atomic mass is 32.2. The van der Waals surface area contributed by atoms with E-state index in [1.165, 1.54) is 30.3 Å². The minimum absolute atomic E-state index is 0.0299. The lowest BCUT2D eigenvalue weighted by Gasteiger charge is -2.25. The summed E-state index contributed by atoms with van der Waals surface area (Å²) in [5.74, 6) is -1.37. The van der Waals surface area contributed by atoms with Crippen LogP contribution in [0.4, 0.5) is 10.1 Å². The van der Waals surface area contributed by atoms with Crippen LogP contribution in [0.25, 0.3) is 0 Å². The molecule has 1 aliphatic heterocycles. The molecule has 0 bridgehead atoms. The molecule has 7 nitrogen and oxygen atoms in total. The Kier molecular flexibility index (Phi) is 6.60. The van der Waals surface area contributed by atoms with Crippen LogP contribution in [-0.2, 0) is 14.8 Å². The van der Waals surface area contributed by atoms with Crippen LogP contribution in [0.1, 0.15) is 12.8 Å². The van der Waals surface area contributed by atoms with E-state index in [-0.39, 0.29) is 10.6 Å². The predicted octanol–water partition coefficient (Wildman–Crippen LogP) is 2.22. The average Bonchev–Trinajstić information content (AvgIpc) is 2.73. The van der Waals surface area contributed by atoms with E-state index in [1.807, 2.05) is 7.05 Å². The van der Waals surface area contributed by atoms with Crippen molar-refractivity contribution in [3.8, 4) is 0 Å². The molecule has 1 saturated heterocycles. The Hall–Kier alpha value is -2.78. The summed E-state index contributed by atoms with van der Waals surface area (Å²) in [4.78, 5) is 14.6. The topological polar surface area (TPSA) is 82.1 Å². The van der Waals surface area contributed by atoms with Crippen LogP contribution in [0.3, 0.4) is 0 Å². The number of hydrazone groups is 1. The van der Waals surface area contributed by atoms with Gasteiger partial charge in [-0.3, -0.25) is 9.10 Å². The van der Waals surface area contributed by atoms with Crippen LogP contribution < -0.4 is 9.73 Å². The van der Waals surface area contributed by atoms with Gasteiger partial charge in [-0.05, 0) is 31.3 Å². The van der Waals surface area contributed by atoms with Gasteiger partial charge in [-0.2, -0.15) is 5.10 Å². The van der Waals surface area contributed by atoms with Crippen LogP contribution in [0.5, 0.6) is 0 Å². The van der Waals surface area contributed by atoms with Gasteiger partial charge in [0.1, 0.15) is 12.4 Å². The summed E-state index contributed by atoms with van der Waals surface area (Å²) in [6, 6.07) is 13.1. The van der Waals surface area contributed by atoms with Gasteiger partial charge in [0, 0.05) is 31.6 Å². The van der Waals surface area contributed by atoms with E-state index in [0.29, 0.717) is 0 Å². The van der Waals surface area contributed by atoms with Crippen LogP contribution in [-0.4, -0.2) is 51.6 Å². The SMILES string of the molecule is CN1CCC(=NNC(=O)CN(c2ccccc2F)S(=O)(=O)c2ccccc2)CC1. The minimum atomic E-state index is -4.14. The van der Waals surface area contributed by atoms with Gasteiger partial charge in [-0.15, -0.1) is 0 Å². The first-order valence-corrected chi connectivity index (χ1v) is 10.7. The molecule has 154 valence electrons. The fraction of sp³-hybridized carbons (Fsp3) is 0.300. The Morgan fingerprint density at radius 3 is 2.38 bits per heavy atom. The average molecular weight is 418 g/mol. The summed E-state index contributed by atoms with van der Waals surface area (Å²) < 4.78 is 41.3. The van der Waals surface area contributed by atoms with Gasteiger partial charge in [0.05, 0.1) is 10.6 Å². The third kappa shape index (κ3) is 5.18. The molecule has 9 heteroatoms. The van der Waals surface area contributed by atoms with Crippen LogP contribution in [0.15, 0.2) is 64.6 Å². The van der Waals surface area contributed by atoms with Crippen molar-refractivity contribution in [1.29, 1.82) is 0 Å². The number of carbonyl (C=O) groups excluding carboxylic acids is 1. The smallest absolute Gasteiger partial charge is 0.264 e. The van der Waals surface area contributed by atoms with Crippen molar-refractivity contribution in [2.24, 2.45) is 5.10 Å². The Morgan fingerprint density at radius 2 is 1.72 bits per heavy atom. The molecule has 1 fully saturated rings. The molecular weight excluding hydrogens is 395 g/mol. The lowest BCUT2D eigenvalue weighted by atomic mass is 10.1. The zero-order chi connectivity index (χ0) is 20.9. The van der Waals surface area contributed by atoms with Gasteiger partial charge in [0.15, 0.2) is 0 Å². The highest BCUT2D eigenvalue weighted by Crippen LogP contribution is 2.25. The van der Waals surface area contributed by atoms with Crippen LogP contribution in [0, 0.1) is 5.82 Å². The number of para-hydroxylation sites is 1. The quantitative estimate of drug-likeness (QED) is 0.730. The maximum atomic E-state index is 14.4. The first-order chi connectivity index (χ1) is 13.9. The van der Waals surface area contributed by atoms with Crippen molar-refractivity contribution in [2.75, 3.05) is 31.0 Å². The predicted molar refractivity (Wildman–Crippen MR) is 110 cm³/mol. The monoisotopic (exact) mass is 418 g/mol. The first-order valence-electron chi connectivity index (χ1n) is 9.23. The standard InChI is InChI=1S/C20H23FN4O3S/c1-24-13-11-16(12-14-24)22-23-20(26)15-25(19-10-6-5-9-18(19)21)29(27,28)17-7-3-2-4-8-17/h2-10H,11-15H2,1H3,(H,23,26). The number of amides is 1. The molecule has 1 heterocycles. The van der Waals surface area contributed by atoms with Gasteiger partial charge in [-0.25, -0.2) is 18.2 Å². The molecule has 0 saturated carbocycles.